The topological polar surface area (TPSA) is 89.8 Å². The van der Waals surface area contributed by atoms with E-state index >= 15 is 0 Å². The lowest BCUT2D eigenvalue weighted by atomic mass is 10.1. The molecule has 0 unspecified atom stereocenters. The Morgan fingerprint density at radius 2 is 2.03 bits per heavy atom. The zero-order valence-corrected chi connectivity index (χ0v) is 18.3. The Bertz CT molecular complexity index is 1320. The van der Waals surface area contributed by atoms with Crippen molar-refractivity contribution in [2.45, 2.75) is 25.4 Å². The van der Waals surface area contributed by atoms with E-state index in [1.165, 1.54) is 0 Å². The number of carbonyl (C=O) groups excluding carboxylic acids is 1. The highest BCUT2D eigenvalue weighted by atomic mass is 32.1. The number of aromatic nitrogens is 5. The van der Waals surface area contributed by atoms with Crippen LogP contribution >= 0.6 is 12.2 Å². The van der Waals surface area contributed by atoms with Crippen LogP contribution < -0.4 is 10.1 Å². The van der Waals surface area contributed by atoms with Gasteiger partial charge in [0.2, 0.25) is 0 Å². The van der Waals surface area contributed by atoms with Crippen LogP contribution in [-0.4, -0.2) is 37.6 Å². The lowest BCUT2D eigenvalue weighted by Crippen LogP contribution is -2.25. The first-order valence-electron chi connectivity index (χ1n) is 10.4. The first kappa shape index (κ1) is 20.2. The minimum Gasteiger partial charge on any atom is -0.497 e. The molecular weight excluding hydrogens is 424 g/mol. The monoisotopic (exact) mass is 446 g/mol. The van der Waals surface area contributed by atoms with Gasteiger partial charge in [0.15, 0.2) is 10.6 Å². The predicted molar refractivity (Wildman–Crippen MR) is 122 cm³/mol. The second-order valence-electron chi connectivity index (χ2n) is 7.63. The van der Waals surface area contributed by atoms with Crippen molar-refractivity contribution in [3.8, 4) is 22.7 Å². The van der Waals surface area contributed by atoms with E-state index in [0.29, 0.717) is 27.8 Å². The first-order valence-corrected chi connectivity index (χ1v) is 10.8. The van der Waals surface area contributed by atoms with Gasteiger partial charge in [-0.25, -0.2) is 4.68 Å². The van der Waals surface area contributed by atoms with Gasteiger partial charge in [0.25, 0.3) is 5.91 Å². The number of carbonyl (C=O) groups is 1. The van der Waals surface area contributed by atoms with Crippen LogP contribution in [0.25, 0.3) is 16.9 Å². The van der Waals surface area contributed by atoms with Crippen LogP contribution in [0.5, 0.6) is 5.75 Å². The summed E-state index contributed by atoms with van der Waals surface area (Å²) in [6.45, 7) is 0.274. The number of nitrogens with zero attached hydrogens (tertiary/aromatic N) is 4. The molecule has 162 valence electrons. The third-order valence-corrected chi connectivity index (χ3v) is 5.71. The summed E-state index contributed by atoms with van der Waals surface area (Å²) in [4.78, 5) is 13.2. The van der Waals surface area contributed by atoms with Crippen molar-refractivity contribution in [3.05, 3.63) is 77.0 Å². The summed E-state index contributed by atoms with van der Waals surface area (Å²) in [6, 6.07) is 17.6. The summed E-state index contributed by atoms with van der Waals surface area (Å²) in [5.74, 6) is 1.19. The fraction of sp³-hybridized carbons (Fsp3) is 0.217. The second-order valence-corrected chi connectivity index (χ2v) is 8.02. The van der Waals surface area contributed by atoms with Gasteiger partial charge in [0.05, 0.1) is 24.9 Å². The van der Waals surface area contributed by atoms with E-state index in [1.54, 1.807) is 18.0 Å². The maximum atomic E-state index is 13.2. The fourth-order valence-electron chi connectivity index (χ4n) is 3.66. The van der Waals surface area contributed by atoms with Crippen molar-refractivity contribution >= 4 is 18.1 Å². The number of ether oxygens (including phenoxy) is 1. The molecule has 2 heterocycles. The minimum absolute atomic E-state index is 0.235. The van der Waals surface area contributed by atoms with Crippen LogP contribution in [0.4, 0.5) is 0 Å². The van der Waals surface area contributed by atoms with E-state index in [1.807, 2.05) is 59.2 Å². The molecule has 1 fully saturated rings. The van der Waals surface area contributed by atoms with Crippen molar-refractivity contribution < 1.29 is 9.53 Å². The zero-order chi connectivity index (χ0) is 22.1. The smallest absolute Gasteiger partial charge is 0.255 e. The largest absolute Gasteiger partial charge is 0.497 e. The number of H-pyrrole nitrogens is 1. The molecule has 4 aromatic rings. The summed E-state index contributed by atoms with van der Waals surface area (Å²) in [5, 5.41) is 14.8. The average molecular weight is 447 g/mol. The molecule has 1 aliphatic carbocycles. The Labute approximate surface area is 189 Å². The number of methoxy groups -OCH3 is 1. The van der Waals surface area contributed by atoms with Crippen molar-refractivity contribution in [2.24, 2.45) is 0 Å². The molecule has 0 bridgehead atoms. The maximum Gasteiger partial charge on any atom is 0.255 e. The summed E-state index contributed by atoms with van der Waals surface area (Å²) in [6.07, 6.45) is 3.91. The molecule has 2 aromatic heterocycles. The van der Waals surface area contributed by atoms with Crippen molar-refractivity contribution in [1.82, 2.24) is 29.9 Å². The predicted octanol–water partition coefficient (Wildman–Crippen LogP) is 4.07. The zero-order valence-electron chi connectivity index (χ0n) is 17.5. The van der Waals surface area contributed by atoms with E-state index in [2.05, 4.69) is 15.5 Å². The van der Waals surface area contributed by atoms with Crippen LogP contribution in [0.15, 0.2) is 60.8 Å². The summed E-state index contributed by atoms with van der Waals surface area (Å²) in [5.41, 5.74) is 2.70. The van der Waals surface area contributed by atoms with Gasteiger partial charge in [-0.1, -0.05) is 30.3 Å². The van der Waals surface area contributed by atoms with Crippen LogP contribution in [-0.2, 0) is 6.54 Å². The molecule has 0 radical (unpaired) electrons. The molecule has 8 nitrogen and oxygen atoms in total. The Balaban J connectivity index is 1.48. The van der Waals surface area contributed by atoms with Gasteiger partial charge in [-0.15, -0.1) is 0 Å². The van der Waals surface area contributed by atoms with E-state index < -0.39 is 0 Å². The number of benzene rings is 2. The van der Waals surface area contributed by atoms with Crippen LogP contribution in [0.3, 0.4) is 0 Å². The molecule has 1 amide bonds. The Kier molecular flexibility index (Phi) is 5.32. The number of hydrogen-bond acceptors (Lipinski definition) is 5. The van der Waals surface area contributed by atoms with Crippen molar-refractivity contribution in [2.75, 3.05) is 7.11 Å². The third kappa shape index (κ3) is 3.94. The first-order chi connectivity index (χ1) is 15.6. The van der Waals surface area contributed by atoms with E-state index in [0.717, 1.165) is 29.9 Å². The number of para-hydroxylation sites is 1. The van der Waals surface area contributed by atoms with Crippen molar-refractivity contribution in [1.29, 1.82) is 0 Å². The van der Waals surface area contributed by atoms with Gasteiger partial charge in [-0.2, -0.15) is 10.2 Å². The molecule has 0 aliphatic heterocycles. The Morgan fingerprint density at radius 3 is 2.78 bits per heavy atom. The second kappa shape index (κ2) is 8.43. The molecule has 1 saturated carbocycles. The van der Waals surface area contributed by atoms with Gasteiger partial charge < -0.3 is 10.1 Å². The lowest BCUT2D eigenvalue weighted by Gasteiger charge is -2.08. The summed E-state index contributed by atoms with van der Waals surface area (Å²) in [7, 11) is 1.61. The SMILES string of the molecule is COc1cccc(-c2nn(-c3ccccc3)cc2C(=O)NCc2n[nH]c(=S)n2C2CC2)c1. The number of amides is 1. The third-order valence-electron chi connectivity index (χ3n) is 5.42. The molecule has 2 N–H and O–H groups in total. The maximum absolute atomic E-state index is 13.2. The van der Waals surface area contributed by atoms with Gasteiger partial charge in [-0.3, -0.25) is 14.5 Å². The standard InChI is InChI=1S/C23H22N6O2S/c1-31-18-9-5-6-15(12-18)21-19(14-28(27-21)16-7-3-2-4-8-16)22(30)24-13-20-25-26-23(32)29(20)17-10-11-17/h2-9,12,14,17H,10-11,13H2,1H3,(H,24,30)(H,26,32). The number of hydrogen-bond donors (Lipinski definition) is 2. The highest BCUT2D eigenvalue weighted by molar-refractivity contribution is 7.71. The van der Waals surface area contributed by atoms with Gasteiger partial charge >= 0.3 is 0 Å². The van der Waals surface area contributed by atoms with Crippen molar-refractivity contribution in [3.63, 3.8) is 0 Å². The quantitative estimate of drug-likeness (QED) is 0.418. The van der Waals surface area contributed by atoms with E-state index in [4.69, 9.17) is 22.1 Å². The Hall–Kier alpha value is -3.72. The highest BCUT2D eigenvalue weighted by Crippen LogP contribution is 2.35. The molecular formula is C23H22N6O2S. The lowest BCUT2D eigenvalue weighted by molar-refractivity contribution is 0.0950. The van der Waals surface area contributed by atoms with Crippen LogP contribution in [0.1, 0.15) is 35.1 Å². The molecule has 9 heteroatoms. The number of nitrogens with one attached hydrogen (secondary N) is 2. The molecule has 0 atom stereocenters. The number of aromatic amines is 1. The average Bonchev–Trinajstić information content (AvgIpc) is 3.45. The molecule has 2 aromatic carbocycles. The molecule has 0 saturated heterocycles. The number of rotatable bonds is 7. The van der Waals surface area contributed by atoms with Crippen LogP contribution in [0, 0.1) is 4.77 Å². The molecule has 0 spiro atoms. The molecule has 1 aliphatic rings. The minimum atomic E-state index is -0.235. The van der Waals surface area contributed by atoms with E-state index in [9.17, 15) is 4.79 Å². The van der Waals surface area contributed by atoms with Crippen LogP contribution in [0.2, 0.25) is 0 Å². The normalized spacial score (nSPS) is 13.2. The summed E-state index contributed by atoms with van der Waals surface area (Å²) < 4.78 is 9.65. The van der Waals surface area contributed by atoms with Gasteiger partial charge in [-0.05, 0) is 49.3 Å². The van der Waals surface area contributed by atoms with Gasteiger partial charge in [0, 0.05) is 17.8 Å². The Morgan fingerprint density at radius 1 is 1.22 bits per heavy atom. The summed E-state index contributed by atoms with van der Waals surface area (Å²) >= 11 is 5.34. The molecule has 32 heavy (non-hydrogen) atoms. The highest BCUT2D eigenvalue weighted by Gasteiger charge is 2.27. The molecule has 5 rings (SSSR count). The fourth-order valence-corrected chi connectivity index (χ4v) is 3.96. The van der Waals surface area contributed by atoms with Gasteiger partial charge in [0.1, 0.15) is 11.4 Å². The van der Waals surface area contributed by atoms with E-state index in [-0.39, 0.29) is 12.5 Å².